The van der Waals surface area contributed by atoms with Gasteiger partial charge in [0.15, 0.2) is 5.69 Å². The second kappa shape index (κ2) is 8.56. The van der Waals surface area contributed by atoms with E-state index in [1.165, 1.54) is 0 Å². The van der Waals surface area contributed by atoms with E-state index in [-0.39, 0.29) is 23.1 Å². The molecule has 1 fully saturated rings. The van der Waals surface area contributed by atoms with Gasteiger partial charge in [0, 0.05) is 11.8 Å². The van der Waals surface area contributed by atoms with Crippen molar-refractivity contribution in [3.63, 3.8) is 0 Å². The molecule has 3 aromatic rings. The second-order valence-electron chi connectivity index (χ2n) is 7.48. The number of methoxy groups -OCH3 is 1. The van der Waals surface area contributed by atoms with Crippen molar-refractivity contribution in [3.8, 4) is 17.0 Å². The van der Waals surface area contributed by atoms with E-state index in [0.717, 1.165) is 25.9 Å². The van der Waals surface area contributed by atoms with Crippen LogP contribution in [-0.2, 0) is 0 Å². The van der Waals surface area contributed by atoms with E-state index < -0.39 is 4.92 Å². The molecule has 1 saturated heterocycles. The molecule has 0 radical (unpaired) electrons. The number of rotatable bonds is 6. The van der Waals surface area contributed by atoms with Crippen LogP contribution in [0.1, 0.15) is 18.9 Å². The van der Waals surface area contributed by atoms with Crippen LogP contribution in [0, 0.1) is 10.1 Å². The molecule has 1 aliphatic heterocycles. The largest absolute Gasteiger partial charge is 0.497 e. The number of ether oxygens (including phenoxy) is 1. The molecule has 1 aliphatic rings. The van der Waals surface area contributed by atoms with Crippen LogP contribution >= 0.6 is 0 Å². The number of nitro groups is 1. The summed E-state index contributed by atoms with van der Waals surface area (Å²) in [6.45, 7) is 2.06. The molecular formula is C20H24N8O3. The summed E-state index contributed by atoms with van der Waals surface area (Å²) in [4.78, 5) is 21.8. The Kier molecular flexibility index (Phi) is 5.67. The van der Waals surface area contributed by atoms with Gasteiger partial charge in [0.1, 0.15) is 5.75 Å². The van der Waals surface area contributed by atoms with Crippen LogP contribution in [-0.4, -0.2) is 56.8 Å². The zero-order valence-electron chi connectivity index (χ0n) is 17.4. The van der Waals surface area contributed by atoms with E-state index in [4.69, 9.17) is 10.5 Å². The van der Waals surface area contributed by atoms with Crippen molar-refractivity contribution in [2.24, 2.45) is 0 Å². The third kappa shape index (κ3) is 4.40. The Morgan fingerprint density at radius 3 is 2.58 bits per heavy atom. The third-order valence-electron chi connectivity index (χ3n) is 5.38. The van der Waals surface area contributed by atoms with Crippen LogP contribution < -0.4 is 15.8 Å². The van der Waals surface area contributed by atoms with Crippen molar-refractivity contribution < 1.29 is 9.66 Å². The summed E-state index contributed by atoms with van der Waals surface area (Å²) < 4.78 is 7.09. The predicted molar refractivity (Wildman–Crippen MR) is 116 cm³/mol. The number of anilines is 3. The molecule has 0 aliphatic carbocycles. The van der Waals surface area contributed by atoms with Gasteiger partial charge in [-0.15, -0.1) is 0 Å². The number of nitrogens with one attached hydrogen (secondary N) is 1. The lowest BCUT2D eigenvalue weighted by Gasteiger charge is -2.28. The van der Waals surface area contributed by atoms with Gasteiger partial charge in [-0.2, -0.15) is 10.1 Å². The fraction of sp³-hybridized carbons (Fsp3) is 0.350. The lowest BCUT2D eigenvalue weighted by atomic mass is 10.1. The minimum absolute atomic E-state index is 0.130. The van der Waals surface area contributed by atoms with E-state index in [1.54, 1.807) is 37.6 Å². The van der Waals surface area contributed by atoms with Gasteiger partial charge >= 0.3 is 5.69 Å². The van der Waals surface area contributed by atoms with E-state index in [1.807, 2.05) is 10.9 Å². The average Bonchev–Trinajstić information content (AvgIpc) is 3.22. The van der Waals surface area contributed by atoms with Crippen molar-refractivity contribution in [2.45, 2.75) is 18.9 Å². The molecule has 1 aromatic carbocycles. The quantitative estimate of drug-likeness (QED) is 0.452. The second-order valence-corrected chi connectivity index (χ2v) is 7.48. The van der Waals surface area contributed by atoms with Gasteiger partial charge < -0.3 is 20.7 Å². The molecule has 3 N–H and O–H groups in total. The Bertz CT molecular complexity index is 1070. The van der Waals surface area contributed by atoms with Crippen LogP contribution in [0.3, 0.4) is 0 Å². The van der Waals surface area contributed by atoms with Crippen molar-refractivity contribution >= 4 is 23.1 Å². The van der Waals surface area contributed by atoms with Gasteiger partial charge in [-0.1, -0.05) is 0 Å². The smallest absolute Gasteiger partial charge is 0.337 e. The van der Waals surface area contributed by atoms with Crippen LogP contribution in [0.4, 0.5) is 23.1 Å². The molecule has 0 amide bonds. The molecule has 162 valence electrons. The first-order chi connectivity index (χ1) is 14.9. The zero-order chi connectivity index (χ0) is 22.0. The summed E-state index contributed by atoms with van der Waals surface area (Å²) in [6, 6.07) is 7.13. The van der Waals surface area contributed by atoms with Crippen LogP contribution in [0.2, 0.25) is 0 Å². The summed E-state index contributed by atoms with van der Waals surface area (Å²) in [5.41, 5.74) is 6.94. The fourth-order valence-electron chi connectivity index (χ4n) is 3.65. The van der Waals surface area contributed by atoms with Crippen LogP contribution in [0.5, 0.6) is 5.75 Å². The van der Waals surface area contributed by atoms with Crippen molar-refractivity contribution in [1.29, 1.82) is 0 Å². The van der Waals surface area contributed by atoms with Gasteiger partial charge in [0.05, 0.1) is 30.0 Å². The molecule has 0 unspecified atom stereocenters. The standard InChI is InChI=1S/C20H24N8O3/c1-26-9-7-15(8-10-26)27-12-14(11-22-27)23-20-24-17(18(28(29)30)19(21)25-20)13-3-5-16(31-2)6-4-13/h3-6,11-12,15H,7-10H2,1-2H3,(H3,21,23,24,25). The number of hydrogen-bond donors (Lipinski definition) is 2. The molecule has 11 nitrogen and oxygen atoms in total. The number of aromatic nitrogens is 4. The SMILES string of the molecule is COc1ccc(-c2nc(Nc3cnn(C4CCN(C)CC4)c3)nc(N)c2[N+](=O)[O-])cc1. The zero-order valence-corrected chi connectivity index (χ0v) is 17.4. The third-order valence-corrected chi connectivity index (χ3v) is 5.38. The highest BCUT2D eigenvalue weighted by Crippen LogP contribution is 2.34. The first kappa shape index (κ1) is 20.5. The molecule has 2 aromatic heterocycles. The van der Waals surface area contributed by atoms with Gasteiger partial charge in [-0.25, -0.2) is 4.98 Å². The Hall–Kier alpha value is -3.73. The number of benzene rings is 1. The Morgan fingerprint density at radius 2 is 1.94 bits per heavy atom. The number of nitrogen functional groups attached to an aromatic ring is 1. The number of piperidine rings is 1. The summed E-state index contributed by atoms with van der Waals surface area (Å²) in [7, 11) is 3.66. The molecule has 4 rings (SSSR count). The number of hydrogen-bond acceptors (Lipinski definition) is 9. The van der Waals surface area contributed by atoms with E-state index in [9.17, 15) is 10.1 Å². The first-order valence-corrected chi connectivity index (χ1v) is 9.90. The lowest BCUT2D eigenvalue weighted by Crippen LogP contribution is -2.31. The van der Waals surface area contributed by atoms with Crippen LogP contribution in [0.15, 0.2) is 36.7 Å². The molecule has 3 heterocycles. The Morgan fingerprint density at radius 1 is 1.23 bits per heavy atom. The maximum Gasteiger partial charge on any atom is 0.337 e. The van der Waals surface area contributed by atoms with E-state index in [0.29, 0.717) is 23.0 Å². The van der Waals surface area contributed by atoms with Crippen molar-refractivity contribution in [2.75, 3.05) is 38.3 Å². The molecule has 0 spiro atoms. The number of nitrogens with zero attached hydrogens (tertiary/aromatic N) is 6. The molecule has 0 bridgehead atoms. The fourth-order valence-corrected chi connectivity index (χ4v) is 3.65. The Labute approximate surface area is 179 Å². The highest BCUT2D eigenvalue weighted by Gasteiger charge is 2.25. The predicted octanol–water partition coefficient (Wildman–Crippen LogP) is 2.85. The van der Waals surface area contributed by atoms with E-state index in [2.05, 4.69) is 32.3 Å². The van der Waals surface area contributed by atoms with Gasteiger partial charge in [0.25, 0.3) is 0 Å². The van der Waals surface area contributed by atoms with Crippen molar-refractivity contribution in [3.05, 3.63) is 46.8 Å². The van der Waals surface area contributed by atoms with E-state index >= 15 is 0 Å². The van der Waals surface area contributed by atoms with Crippen LogP contribution in [0.25, 0.3) is 11.3 Å². The molecule has 0 saturated carbocycles. The Balaban J connectivity index is 1.62. The minimum atomic E-state index is -0.573. The molecule has 31 heavy (non-hydrogen) atoms. The minimum Gasteiger partial charge on any atom is -0.497 e. The average molecular weight is 424 g/mol. The molecule has 11 heteroatoms. The van der Waals surface area contributed by atoms with Crippen molar-refractivity contribution in [1.82, 2.24) is 24.6 Å². The monoisotopic (exact) mass is 424 g/mol. The summed E-state index contributed by atoms with van der Waals surface area (Å²) >= 11 is 0. The highest BCUT2D eigenvalue weighted by atomic mass is 16.6. The molecule has 0 atom stereocenters. The normalized spacial score (nSPS) is 15.0. The van der Waals surface area contributed by atoms with Gasteiger partial charge in [-0.3, -0.25) is 14.8 Å². The summed E-state index contributed by atoms with van der Waals surface area (Å²) in [5.74, 6) is 0.584. The maximum absolute atomic E-state index is 11.6. The maximum atomic E-state index is 11.6. The first-order valence-electron chi connectivity index (χ1n) is 9.90. The molecular weight excluding hydrogens is 400 g/mol. The summed E-state index contributed by atoms with van der Waals surface area (Å²) in [6.07, 6.45) is 5.64. The number of likely N-dealkylation sites (tertiary alicyclic amines) is 1. The lowest BCUT2D eigenvalue weighted by molar-refractivity contribution is -0.383. The number of nitrogens with two attached hydrogens (primary N) is 1. The highest BCUT2D eigenvalue weighted by molar-refractivity contribution is 5.78. The summed E-state index contributed by atoms with van der Waals surface area (Å²) in [5, 5.41) is 19.1. The van der Waals surface area contributed by atoms with Gasteiger partial charge in [0.2, 0.25) is 11.8 Å². The van der Waals surface area contributed by atoms with Gasteiger partial charge in [-0.05, 0) is 57.2 Å². The topological polar surface area (TPSA) is 137 Å².